The fourth-order valence-corrected chi connectivity index (χ4v) is 4.64. The van der Waals surface area contributed by atoms with Crippen molar-refractivity contribution in [2.75, 3.05) is 16.2 Å². The first-order chi connectivity index (χ1) is 13.8. The molecular weight excluding hydrogens is 452 g/mol. The third kappa shape index (κ3) is 5.05. The molecule has 1 N–H and O–H groups in total. The highest BCUT2D eigenvalue weighted by Crippen LogP contribution is 2.26. The Hall–Kier alpha value is -2.64. The number of amides is 1. The molecule has 3 aromatic carbocycles. The van der Waals surface area contributed by atoms with E-state index in [1.165, 1.54) is 12.1 Å². The van der Waals surface area contributed by atoms with Crippen LogP contribution in [0.3, 0.4) is 0 Å². The number of carbonyl (C=O) groups excluding carboxylic acids is 1. The molecule has 0 fully saturated rings. The van der Waals surface area contributed by atoms with Gasteiger partial charge in [0.2, 0.25) is 5.91 Å². The highest BCUT2D eigenvalue weighted by molar-refractivity contribution is 9.10. The number of nitrogens with zero attached hydrogens (tertiary/aromatic N) is 1. The predicted octanol–water partition coefficient (Wildman–Crippen LogP) is 4.90. The Morgan fingerprint density at radius 1 is 0.931 bits per heavy atom. The zero-order valence-corrected chi connectivity index (χ0v) is 18.5. The summed E-state index contributed by atoms with van der Waals surface area (Å²) in [5.41, 5.74) is 3.19. The number of rotatable bonds is 6. The van der Waals surface area contributed by atoms with Crippen molar-refractivity contribution in [1.29, 1.82) is 0 Å². The minimum absolute atomic E-state index is 0.124. The molecule has 0 aliphatic rings. The van der Waals surface area contributed by atoms with E-state index >= 15 is 0 Å². The monoisotopic (exact) mass is 472 g/mol. The molecule has 1 amide bonds. The molecule has 29 heavy (non-hydrogen) atoms. The van der Waals surface area contributed by atoms with Gasteiger partial charge in [-0.05, 0) is 67.4 Å². The average molecular weight is 473 g/mol. The molecule has 150 valence electrons. The topological polar surface area (TPSA) is 66.5 Å². The van der Waals surface area contributed by atoms with E-state index < -0.39 is 15.9 Å². The van der Waals surface area contributed by atoms with Crippen molar-refractivity contribution in [1.82, 2.24) is 0 Å². The maximum absolute atomic E-state index is 13.3. The summed E-state index contributed by atoms with van der Waals surface area (Å²) in [5.74, 6) is -0.423. The molecule has 0 radical (unpaired) electrons. The lowest BCUT2D eigenvalue weighted by molar-refractivity contribution is -0.114. The Bertz CT molecular complexity index is 1130. The molecular formula is C22H21BrN2O3S. The molecule has 3 aromatic rings. The minimum Gasteiger partial charge on any atom is -0.325 e. The third-order valence-corrected chi connectivity index (χ3v) is 6.79. The first-order valence-corrected chi connectivity index (χ1v) is 11.2. The van der Waals surface area contributed by atoms with Gasteiger partial charge in [-0.3, -0.25) is 9.10 Å². The zero-order chi connectivity index (χ0) is 21.0. The molecule has 0 unspecified atom stereocenters. The van der Waals surface area contributed by atoms with Gasteiger partial charge in [-0.15, -0.1) is 0 Å². The van der Waals surface area contributed by atoms with Gasteiger partial charge in [0.05, 0.1) is 10.6 Å². The Kier molecular flexibility index (Phi) is 6.39. The summed E-state index contributed by atoms with van der Waals surface area (Å²) in [5, 5.41) is 2.79. The first kappa shape index (κ1) is 21.1. The second kappa shape index (κ2) is 8.80. The van der Waals surface area contributed by atoms with E-state index in [2.05, 4.69) is 21.2 Å². The second-order valence-electron chi connectivity index (χ2n) is 6.65. The van der Waals surface area contributed by atoms with E-state index in [9.17, 15) is 13.2 Å². The maximum Gasteiger partial charge on any atom is 0.264 e. The van der Waals surface area contributed by atoms with E-state index in [1.807, 2.05) is 26.0 Å². The van der Waals surface area contributed by atoms with E-state index in [1.54, 1.807) is 48.5 Å². The van der Waals surface area contributed by atoms with Gasteiger partial charge in [0.15, 0.2) is 0 Å². The van der Waals surface area contributed by atoms with Gasteiger partial charge in [-0.25, -0.2) is 8.42 Å². The Balaban J connectivity index is 1.93. The number of aryl methyl sites for hydroxylation is 2. The standard InChI is InChI=1S/C22H21BrN2O3S/c1-16-11-12-19(13-17(16)2)24-22(26)15-25(20-8-6-7-18(23)14-20)29(27,28)21-9-4-3-5-10-21/h3-14H,15H2,1-2H3,(H,24,26). The lowest BCUT2D eigenvalue weighted by atomic mass is 10.1. The lowest BCUT2D eigenvalue weighted by Gasteiger charge is -2.24. The van der Waals surface area contributed by atoms with Crippen molar-refractivity contribution < 1.29 is 13.2 Å². The molecule has 5 nitrogen and oxygen atoms in total. The minimum atomic E-state index is -3.92. The fraction of sp³-hybridized carbons (Fsp3) is 0.136. The second-order valence-corrected chi connectivity index (χ2v) is 9.43. The van der Waals surface area contributed by atoms with Crippen molar-refractivity contribution in [3.05, 3.63) is 88.4 Å². The van der Waals surface area contributed by atoms with E-state index in [0.717, 1.165) is 19.9 Å². The van der Waals surface area contributed by atoms with Crippen molar-refractivity contribution in [3.8, 4) is 0 Å². The highest BCUT2D eigenvalue weighted by atomic mass is 79.9. The van der Waals surface area contributed by atoms with E-state index in [4.69, 9.17) is 0 Å². The van der Waals surface area contributed by atoms with Gasteiger partial charge >= 0.3 is 0 Å². The maximum atomic E-state index is 13.3. The molecule has 0 bridgehead atoms. The molecule has 0 atom stereocenters. The third-order valence-electron chi connectivity index (χ3n) is 4.51. The van der Waals surface area contributed by atoms with Crippen LogP contribution in [-0.4, -0.2) is 20.9 Å². The van der Waals surface area contributed by atoms with Gasteiger partial charge < -0.3 is 5.32 Å². The molecule has 0 aliphatic carbocycles. The lowest BCUT2D eigenvalue weighted by Crippen LogP contribution is -2.38. The summed E-state index contributed by atoms with van der Waals surface area (Å²) < 4.78 is 28.4. The normalized spacial score (nSPS) is 11.1. The summed E-state index contributed by atoms with van der Waals surface area (Å²) >= 11 is 3.37. The van der Waals surface area contributed by atoms with Crippen molar-refractivity contribution in [2.24, 2.45) is 0 Å². The van der Waals surface area contributed by atoms with Crippen molar-refractivity contribution >= 4 is 43.2 Å². The first-order valence-electron chi connectivity index (χ1n) is 8.98. The van der Waals surface area contributed by atoms with Crippen LogP contribution in [0.5, 0.6) is 0 Å². The van der Waals surface area contributed by atoms with E-state index in [0.29, 0.717) is 11.4 Å². The number of carbonyl (C=O) groups is 1. The van der Waals surface area contributed by atoms with Gasteiger partial charge in [-0.2, -0.15) is 0 Å². The Labute approximate surface area is 179 Å². The molecule has 3 rings (SSSR count). The SMILES string of the molecule is Cc1ccc(NC(=O)CN(c2cccc(Br)c2)S(=O)(=O)c2ccccc2)cc1C. The Morgan fingerprint density at radius 3 is 2.31 bits per heavy atom. The number of sulfonamides is 1. The summed E-state index contributed by atoms with van der Waals surface area (Å²) in [7, 11) is -3.92. The number of halogens is 1. The number of anilines is 2. The summed E-state index contributed by atoms with van der Waals surface area (Å²) in [6.07, 6.45) is 0. The van der Waals surface area contributed by atoms with Gasteiger partial charge in [0, 0.05) is 10.2 Å². The molecule has 0 saturated carbocycles. The van der Waals surface area contributed by atoms with Crippen LogP contribution in [0.1, 0.15) is 11.1 Å². The predicted molar refractivity (Wildman–Crippen MR) is 120 cm³/mol. The zero-order valence-electron chi connectivity index (χ0n) is 16.1. The van der Waals surface area contributed by atoms with Crippen LogP contribution in [-0.2, 0) is 14.8 Å². The fourth-order valence-electron chi connectivity index (χ4n) is 2.82. The quantitative estimate of drug-likeness (QED) is 0.554. The van der Waals surface area contributed by atoms with Crippen LogP contribution in [0.15, 0.2) is 82.2 Å². The highest BCUT2D eigenvalue weighted by Gasteiger charge is 2.27. The number of hydrogen-bond donors (Lipinski definition) is 1. The Morgan fingerprint density at radius 2 is 1.66 bits per heavy atom. The van der Waals surface area contributed by atoms with Crippen LogP contribution < -0.4 is 9.62 Å². The average Bonchev–Trinajstić information content (AvgIpc) is 2.69. The van der Waals surface area contributed by atoms with Gasteiger partial charge in [0.25, 0.3) is 10.0 Å². The summed E-state index contributed by atoms with van der Waals surface area (Å²) in [6.45, 7) is 3.60. The largest absolute Gasteiger partial charge is 0.325 e. The van der Waals surface area contributed by atoms with Gasteiger partial charge in [-0.1, -0.05) is 46.3 Å². The van der Waals surface area contributed by atoms with Crippen LogP contribution in [0.2, 0.25) is 0 Å². The number of nitrogens with one attached hydrogen (secondary N) is 1. The summed E-state index contributed by atoms with van der Waals surface area (Å²) in [4.78, 5) is 12.9. The summed E-state index contributed by atoms with van der Waals surface area (Å²) in [6, 6.07) is 20.5. The molecule has 7 heteroatoms. The van der Waals surface area contributed by atoms with Crippen molar-refractivity contribution in [3.63, 3.8) is 0 Å². The molecule has 0 spiro atoms. The van der Waals surface area contributed by atoms with E-state index in [-0.39, 0.29) is 11.4 Å². The van der Waals surface area contributed by atoms with Crippen LogP contribution >= 0.6 is 15.9 Å². The smallest absolute Gasteiger partial charge is 0.264 e. The van der Waals surface area contributed by atoms with Crippen molar-refractivity contribution in [2.45, 2.75) is 18.7 Å². The van der Waals surface area contributed by atoms with Gasteiger partial charge in [0.1, 0.15) is 6.54 Å². The van der Waals surface area contributed by atoms with Crippen LogP contribution in [0.4, 0.5) is 11.4 Å². The number of hydrogen-bond acceptors (Lipinski definition) is 3. The molecule has 0 aliphatic heterocycles. The van der Waals surface area contributed by atoms with Crippen LogP contribution in [0.25, 0.3) is 0 Å². The molecule has 0 heterocycles. The molecule has 0 saturated heterocycles. The number of benzene rings is 3. The van der Waals surface area contributed by atoms with Crippen LogP contribution in [0, 0.1) is 13.8 Å². The molecule has 0 aromatic heterocycles.